The van der Waals surface area contributed by atoms with Crippen LogP contribution in [0.3, 0.4) is 0 Å². The average Bonchev–Trinajstić information content (AvgIpc) is 3.01. The molecule has 5 nitrogen and oxygen atoms in total. The molecule has 1 aromatic rings. The molecule has 0 spiro atoms. The summed E-state index contributed by atoms with van der Waals surface area (Å²) in [5.74, 6) is 1.23. The van der Waals surface area contributed by atoms with E-state index in [1.165, 1.54) is 0 Å². The molecular formula is C19H24N2O3. The van der Waals surface area contributed by atoms with Gasteiger partial charge in [-0.3, -0.25) is 4.79 Å². The van der Waals surface area contributed by atoms with Gasteiger partial charge in [0.2, 0.25) is 5.91 Å². The summed E-state index contributed by atoms with van der Waals surface area (Å²) in [6.45, 7) is 4.89. The molecule has 0 aromatic heterocycles. The summed E-state index contributed by atoms with van der Waals surface area (Å²) in [4.78, 5) is 19.9. The molecule has 0 saturated heterocycles. The monoisotopic (exact) mass is 328 g/mol. The molecule has 1 unspecified atom stereocenters. The minimum Gasteiger partial charge on any atom is -0.497 e. The number of methoxy groups -OCH3 is 1. The highest BCUT2D eigenvalue weighted by molar-refractivity contribution is 6.01. The number of carbonyl (C=O) groups is 1. The smallest absolute Gasteiger partial charge is 0.226 e. The first kappa shape index (κ1) is 16.6. The molecule has 3 rings (SSSR count). The van der Waals surface area contributed by atoms with Gasteiger partial charge in [0.25, 0.3) is 0 Å². The van der Waals surface area contributed by atoms with E-state index in [4.69, 9.17) is 9.57 Å². The predicted octanol–water partition coefficient (Wildman–Crippen LogP) is 3.00. The van der Waals surface area contributed by atoms with Crippen molar-refractivity contribution in [3.05, 3.63) is 42.5 Å². The Labute approximate surface area is 142 Å². The van der Waals surface area contributed by atoms with Crippen molar-refractivity contribution in [1.82, 2.24) is 4.90 Å². The lowest BCUT2D eigenvalue weighted by Crippen LogP contribution is -2.43. The zero-order valence-electron chi connectivity index (χ0n) is 14.1. The van der Waals surface area contributed by atoms with E-state index in [1.807, 2.05) is 29.2 Å². The van der Waals surface area contributed by atoms with E-state index in [0.717, 1.165) is 36.3 Å². The van der Waals surface area contributed by atoms with Crippen molar-refractivity contribution in [3.8, 4) is 5.75 Å². The predicted molar refractivity (Wildman–Crippen MR) is 93.1 cm³/mol. The summed E-state index contributed by atoms with van der Waals surface area (Å²) < 4.78 is 5.17. The van der Waals surface area contributed by atoms with Crippen molar-refractivity contribution >= 4 is 11.6 Å². The molecule has 0 radical (unpaired) electrons. The quantitative estimate of drug-likeness (QED) is 0.723. The van der Waals surface area contributed by atoms with Gasteiger partial charge in [0, 0.05) is 18.9 Å². The van der Waals surface area contributed by atoms with Gasteiger partial charge >= 0.3 is 0 Å². The third-order valence-corrected chi connectivity index (χ3v) is 4.70. The molecule has 0 bridgehead atoms. The van der Waals surface area contributed by atoms with Gasteiger partial charge in [0.1, 0.15) is 5.75 Å². The van der Waals surface area contributed by atoms with Crippen molar-refractivity contribution in [2.24, 2.45) is 11.1 Å². The number of ether oxygens (including phenoxy) is 1. The summed E-state index contributed by atoms with van der Waals surface area (Å²) in [5, 5.41) is 4.21. The zero-order valence-corrected chi connectivity index (χ0v) is 14.1. The standard InChI is InChI=1S/C19H24N2O3/c1-3-11-21(19(22)15-5-4-6-15)13-17-12-18(20-24-17)14-7-9-16(23-2)10-8-14/h3,7-10,15,17H,1,4-6,11-13H2,2H3. The van der Waals surface area contributed by atoms with Crippen LogP contribution in [0.2, 0.25) is 0 Å². The minimum absolute atomic E-state index is 0.0916. The molecule has 0 N–H and O–H groups in total. The maximum Gasteiger partial charge on any atom is 0.226 e. The number of oxime groups is 1. The van der Waals surface area contributed by atoms with Crippen LogP contribution in [0.25, 0.3) is 0 Å². The van der Waals surface area contributed by atoms with E-state index in [0.29, 0.717) is 19.5 Å². The molecule has 24 heavy (non-hydrogen) atoms. The van der Waals surface area contributed by atoms with Gasteiger partial charge < -0.3 is 14.5 Å². The maximum atomic E-state index is 12.5. The molecule has 2 aliphatic rings. The molecule has 128 valence electrons. The minimum atomic E-state index is -0.0916. The Hall–Kier alpha value is -2.30. The zero-order chi connectivity index (χ0) is 16.9. The van der Waals surface area contributed by atoms with Gasteiger partial charge in [0.05, 0.1) is 19.4 Å². The lowest BCUT2D eigenvalue weighted by molar-refractivity contribution is -0.139. The van der Waals surface area contributed by atoms with Crippen LogP contribution in [0, 0.1) is 5.92 Å². The number of amides is 1. The molecule has 1 amide bonds. The van der Waals surface area contributed by atoms with E-state index in [9.17, 15) is 4.79 Å². The van der Waals surface area contributed by atoms with Crippen LogP contribution in [0.5, 0.6) is 5.75 Å². The normalized spacial score (nSPS) is 19.9. The average molecular weight is 328 g/mol. The Bertz CT molecular complexity index is 620. The highest BCUT2D eigenvalue weighted by Gasteiger charge is 2.32. The molecule has 1 saturated carbocycles. The first-order valence-electron chi connectivity index (χ1n) is 8.48. The van der Waals surface area contributed by atoms with Crippen LogP contribution >= 0.6 is 0 Å². The molecule has 1 atom stereocenters. The van der Waals surface area contributed by atoms with Crippen molar-refractivity contribution in [2.45, 2.75) is 31.8 Å². The fourth-order valence-corrected chi connectivity index (χ4v) is 3.05. The molecule has 1 aliphatic carbocycles. The molecule has 1 fully saturated rings. The van der Waals surface area contributed by atoms with Gasteiger partial charge in [-0.1, -0.05) is 17.7 Å². The number of hydrogen-bond donors (Lipinski definition) is 0. The largest absolute Gasteiger partial charge is 0.497 e. The Balaban J connectivity index is 1.58. The Morgan fingerprint density at radius 2 is 2.17 bits per heavy atom. The molecule has 1 aromatic carbocycles. The fourth-order valence-electron chi connectivity index (χ4n) is 3.05. The van der Waals surface area contributed by atoms with Crippen LogP contribution < -0.4 is 4.74 Å². The lowest BCUT2D eigenvalue weighted by atomic mass is 9.84. The van der Waals surface area contributed by atoms with Gasteiger partial charge in [-0.25, -0.2) is 0 Å². The van der Waals surface area contributed by atoms with E-state index in [1.54, 1.807) is 13.2 Å². The maximum absolute atomic E-state index is 12.5. The first-order valence-corrected chi connectivity index (χ1v) is 8.48. The van der Waals surface area contributed by atoms with Gasteiger partial charge in [-0.15, -0.1) is 6.58 Å². The number of carbonyl (C=O) groups excluding carboxylic acids is 1. The summed E-state index contributed by atoms with van der Waals surface area (Å²) in [6, 6.07) is 7.78. The molecular weight excluding hydrogens is 304 g/mol. The van der Waals surface area contributed by atoms with Crippen LogP contribution in [-0.2, 0) is 9.63 Å². The van der Waals surface area contributed by atoms with Crippen LogP contribution in [0.1, 0.15) is 31.2 Å². The van der Waals surface area contributed by atoms with Gasteiger partial charge in [-0.05, 0) is 42.7 Å². The SMILES string of the molecule is C=CCN(CC1CC(c2ccc(OC)cc2)=NO1)C(=O)C1CCC1. The molecule has 1 heterocycles. The lowest BCUT2D eigenvalue weighted by Gasteiger charge is -2.32. The van der Waals surface area contributed by atoms with Crippen LogP contribution in [-0.4, -0.2) is 42.8 Å². The summed E-state index contributed by atoms with van der Waals surface area (Å²) >= 11 is 0. The van der Waals surface area contributed by atoms with E-state index < -0.39 is 0 Å². The molecule has 5 heteroatoms. The second kappa shape index (κ2) is 7.51. The summed E-state index contributed by atoms with van der Waals surface area (Å²) in [5.41, 5.74) is 1.94. The summed E-state index contributed by atoms with van der Waals surface area (Å²) in [6.07, 6.45) is 5.56. The van der Waals surface area contributed by atoms with Crippen molar-refractivity contribution in [2.75, 3.05) is 20.2 Å². The Morgan fingerprint density at radius 1 is 1.42 bits per heavy atom. The van der Waals surface area contributed by atoms with E-state index >= 15 is 0 Å². The Morgan fingerprint density at radius 3 is 2.75 bits per heavy atom. The summed E-state index contributed by atoms with van der Waals surface area (Å²) in [7, 11) is 1.65. The Kier molecular flexibility index (Phi) is 5.18. The number of benzene rings is 1. The van der Waals surface area contributed by atoms with Gasteiger partial charge in [0.15, 0.2) is 6.10 Å². The van der Waals surface area contributed by atoms with Crippen molar-refractivity contribution < 1.29 is 14.4 Å². The highest BCUT2D eigenvalue weighted by atomic mass is 16.6. The van der Waals surface area contributed by atoms with E-state index in [2.05, 4.69) is 11.7 Å². The number of nitrogens with zero attached hydrogens (tertiary/aromatic N) is 2. The van der Waals surface area contributed by atoms with Crippen LogP contribution in [0.4, 0.5) is 0 Å². The molecule has 1 aliphatic heterocycles. The highest BCUT2D eigenvalue weighted by Crippen LogP contribution is 2.29. The fraction of sp³-hybridized carbons (Fsp3) is 0.474. The topological polar surface area (TPSA) is 51.1 Å². The third kappa shape index (κ3) is 3.61. The second-order valence-electron chi connectivity index (χ2n) is 6.36. The second-order valence-corrected chi connectivity index (χ2v) is 6.36. The van der Waals surface area contributed by atoms with Crippen LogP contribution in [0.15, 0.2) is 42.1 Å². The first-order chi connectivity index (χ1) is 11.7. The van der Waals surface area contributed by atoms with E-state index in [-0.39, 0.29) is 17.9 Å². The number of hydrogen-bond acceptors (Lipinski definition) is 4. The van der Waals surface area contributed by atoms with Gasteiger partial charge in [-0.2, -0.15) is 0 Å². The van der Waals surface area contributed by atoms with Crippen molar-refractivity contribution in [3.63, 3.8) is 0 Å². The van der Waals surface area contributed by atoms with Crippen molar-refractivity contribution in [1.29, 1.82) is 0 Å². The number of rotatable bonds is 7. The third-order valence-electron chi connectivity index (χ3n) is 4.70.